The van der Waals surface area contributed by atoms with Crippen molar-refractivity contribution in [1.82, 2.24) is 9.88 Å². The van der Waals surface area contributed by atoms with Gasteiger partial charge in [0.1, 0.15) is 18.5 Å². The van der Waals surface area contributed by atoms with Crippen LogP contribution in [0, 0.1) is 0 Å². The van der Waals surface area contributed by atoms with Crippen LogP contribution in [0.3, 0.4) is 0 Å². The Bertz CT molecular complexity index is 764. The summed E-state index contributed by atoms with van der Waals surface area (Å²) in [6.07, 6.45) is 1.12. The number of pyridine rings is 1. The summed E-state index contributed by atoms with van der Waals surface area (Å²) in [6, 6.07) is 13.3. The first-order chi connectivity index (χ1) is 12.1. The minimum atomic E-state index is -0.891. The topological polar surface area (TPSA) is 88.6 Å². The molecule has 2 aromatic rings. The minimum absolute atomic E-state index is 0.0397. The van der Waals surface area contributed by atoms with Crippen molar-refractivity contribution in [2.45, 2.75) is 25.5 Å². The molecule has 2 heterocycles. The van der Waals surface area contributed by atoms with Gasteiger partial charge in [0.15, 0.2) is 0 Å². The van der Waals surface area contributed by atoms with Crippen LogP contribution < -0.4 is 5.32 Å². The van der Waals surface area contributed by atoms with Gasteiger partial charge in [-0.25, -0.2) is 14.7 Å². The van der Waals surface area contributed by atoms with Crippen molar-refractivity contribution in [3.05, 3.63) is 60.3 Å². The maximum absolute atomic E-state index is 12.4. The zero-order chi connectivity index (χ0) is 17.6. The fourth-order valence-corrected chi connectivity index (χ4v) is 2.60. The maximum Gasteiger partial charge on any atom is 0.417 e. The number of likely N-dealkylation sites (tertiary alicyclic amines) is 1. The van der Waals surface area contributed by atoms with Gasteiger partial charge >= 0.3 is 6.09 Å². The quantitative estimate of drug-likeness (QED) is 0.924. The van der Waals surface area contributed by atoms with E-state index in [1.165, 1.54) is 0 Å². The van der Waals surface area contributed by atoms with E-state index in [0.29, 0.717) is 5.82 Å². The summed E-state index contributed by atoms with van der Waals surface area (Å²) in [7, 11) is 0. The van der Waals surface area contributed by atoms with Crippen LogP contribution in [0.1, 0.15) is 18.4 Å². The van der Waals surface area contributed by atoms with E-state index < -0.39 is 23.9 Å². The Kier molecular flexibility index (Phi) is 5.03. The van der Waals surface area contributed by atoms with E-state index in [1.807, 2.05) is 30.3 Å². The molecule has 1 fully saturated rings. The van der Waals surface area contributed by atoms with Crippen molar-refractivity contribution in [3.8, 4) is 0 Å². The number of hydrogen-bond acceptors (Lipinski definition) is 5. The number of hydrogen-bond donors (Lipinski definition) is 1. The molecular weight excluding hydrogens is 322 g/mol. The van der Waals surface area contributed by atoms with Gasteiger partial charge in [-0.2, -0.15) is 0 Å². The van der Waals surface area contributed by atoms with Crippen molar-refractivity contribution in [2.75, 3.05) is 5.32 Å². The number of imide groups is 1. The minimum Gasteiger partial charge on any atom is -0.444 e. The highest BCUT2D eigenvalue weighted by Crippen LogP contribution is 2.21. The molecule has 1 aromatic heterocycles. The largest absolute Gasteiger partial charge is 0.444 e. The molecule has 1 saturated heterocycles. The van der Waals surface area contributed by atoms with Gasteiger partial charge in [-0.15, -0.1) is 0 Å². The summed E-state index contributed by atoms with van der Waals surface area (Å²) in [5.74, 6) is -0.509. The molecule has 1 aliphatic heterocycles. The van der Waals surface area contributed by atoms with Crippen molar-refractivity contribution < 1.29 is 19.1 Å². The van der Waals surface area contributed by atoms with E-state index >= 15 is 0 Å². The number of nitrogens with one attached hydrogen (secondary N) is 1. The maximum atomic E-state index is 12.4. The first-order valence-corrected chi connectivity index (χ1v) is 7.90. The van der Waals surface area contributed by atoms with E-state index in [0.717, 1.165) is 10.5 Å². The number of benzene rings is 1. The van der Waals surface area contributed by atoms with Crippen LogP contribution in [0.4, 0.5) is 10.6 Å². The molecule has 25 heavy (non-hydrogen) atoms. The fourth-order valence-electron chi connectivity index (χ4n) is 2.60. The Hall–Kier alpha value is -3.22. The second-order valence-electron chi connectivity index (χ2n) is 5.56. The van der Waals surface area contributed by atoms with Crippen LogP contribution in [-0.4, -0.2) is 33.8 Å². The number of carbonyl (C=O) groups excluding carboxylic acids is 3. The normalized spacial score (nSPS) is 16.6. The average molecular weight is 339 g/mol. The molecule has 7 nitrogen and oxygen atoms in total. The molecule has 0 radical (unpaired) electrons. The Morgan fingerprint density at radius 2 is 1.92 bits per heavy atom. The van der Waals surface area contributed by atoms with Crippen LogP contribution in [0.5, 0.6) is 0 Å². The molecule has 0 spiro atoms. The van der Waals surface area contributed by atoms with Gasteiger partial charge in [0.05, 0.1) is 0 Å². The lowest BCUT2D eigenvalue weighted by Crippen LogP contribution is -2.45. The molecule has 0 saturated carbocycles. The van der Waals surface area contributed by atoms with Gasteiger partial charge in [0.2, 0.25) is 11.8 Å². The average Bonchev–Trinajstić information content (AvgIpc) is 3.03. The number of nitrogens with zero attached hydrogens (tertiary/aromatic N) is 2. The van der Waals surface area contributed by atoms with Gasteiger partial charge in [-0.3, -0.25) is 9.59 Å². The van der Waals surface area contributed by atoms with Gasteiger partial charge in [-0.1, -0.05) is 36.4 Å². The Morgan fingerprint density at radius 1 is 1.16 bits per heavy atom. The molecule has 7 heteroatoms. The lowest BCUT2D eigenvalue weighted by molar-refractivity contribution is -0.131. The Labute approximate surface area is 144 Å². The van der Waals surface area contributed by atoms with Crippen LogP contribution in [0.25, 0.3) is 0 Å². The van der Waals surface area contributed by atoms with Crippen molar-refractivity contribution in [1.29, 1.82) is 0 Å². The van der Waals surface area contributed by atoms with Crippen LogP contribution in [-0.2, 0) is 20.9 Å². The Balaban J connectivity index is 1.64. The number of carbonyl (C=O) groups is 3. The third kappa shape index (κ3) is 4.00. The highest BCUT2D eigenvalue weighted by Gasteiger charge is 2.41. The lowest BCUT2D eigenvalue weighted by Gasteiger charge is -2.21. The van der Waals surface area contributed by atoms with E-state index in [1.54, 1.807) is 24.4 Å². The van der Waals surface area contributed by atoms with Crippen LogP contribution in [0.15, 0.2) is 54.7 Å². The fraction of sp³-hybridized carbons (Fsp3) is 0.222. The smallest absolute Gasteiger partial charge is 0.417 e. The predicted octanol–water partition coefficient (Wildman–Crippen LogP) is 2.35. The number of rotatable bonds is 4. The SMILES string of the molecule is O=C(Nc1ccccn1)[C@@H]1CCC(=O)N1C(=O)OCc1ccccc1. The number of amides is 3. The summed E-state index contributed by atoms with van der Waals surface area (Å²) in [6.45, 7) is 0.0397. The van der Waals surface area contributed by atoms with E-state index in [2.05, 4.69) is 10.3 Å². The molecule has 3 amide bonds. The first-order valence-electron chi connectivity index (χ1n) is 7.90. The molecule has 1 N–H and O–H groups in total. The molecule has 0 bridgehead atoms. The molecular formula is C18H17N3O4. The van der Waals surface area contributed by atoms with Gasteiger partial charge in [0, 0.05) is 12.6 Å². The van der Waals surface area contributed by atoms with Gasteiger partial charge < -0.3 is 10.1 Å². The third-order valence-corrected chi connectivity index (χ3v) is 3.83. The van der Waals surface area contributed by atoms with Crippen LogP contribution >= 0.6 is 0 Å². The first kappa shape index (κ1) is 16.6. The molecule has 1 aliphatic rings. The van der Waals surface area contributed by atoms with Gasteiger partial charge in [0.25, 0.3) is 0 Å². The highest BCUT2D eigenvalue weighted by molar-refractivity contribution is 6.04. The highest BCUT2D eigenvalue weighted by atomic mass is 16.6. The number of anilines is 1. The predicted molar refractivity (Wildman–Crippen MR) is 89.4 cm³/mol. The molecule has 128 valence electrons. The summed E-state index contributed by atoms with van der Waals surface area (Å²) in [4.78, 5) is 41.6. The Morgan fingerprint density at radius 3 is 2.64 bits per heavy atom. The molecule has 0 unspecified atom stereocenters. The summed E-state index contributed by atoms with van der Waals surface area (Å²) >= 11 is 0. The summed E-state index contributed by atoms with van der Waals surface area (Å²) < 4.78 is 5.18. The number of ether oxygens (including phenoxy) is 1. The molecule has 0 aliphatic carbocycles. The zero-order valence-corrected chi connectivity index (χ0v) is 13.4. The number of aromatic nitrogens is 1. The molecule has 3 rings (SSSR count). The van der Waals surface area contributed by atoms with Crippen molar-refractivity contribution >= 4 is 23.7 Å². The zero-order valence-electron chi connectivity index (χ0n) is 13.4. The van der Waals surface area contributed by atoms with E-state index in [4.69, 9.17) is 4.74 Å². The van der Waals surface area contributed by atoms with E-state index in [9.17, 15) is 14.4 Å². The summed E-state index contributed by atoms with van der Waals surface area (Å²) in [5.41, 5.74) is 0.803. The third-order valence-electron chi connectivity index (χ3n) is 3.83. The standard InChI is InChI=1S/C18H17N3O4/c22-16-10-9-14(17(23)20-15-8-4-5-11-19-15)21(16)18(24)25-12-13-6-2-1-3-7-13/h1-8,11,14H,9-10,12H2,(H,19,20,23)/t14-/m0/s1. The van der Waals surface area contributed by atoms with Gasteiger partial charge in [-0.05, 0) is 24.1 Å². The van der Waals surface area contributed by atoms with Crippen molar-refractivity contribution in [3.63, 3.8) is 0 Å². The second kappa shape index (κ2) is 7.57. The second-order valence-corrected chi connectivity index (χ2v) is 5.56. The monoisotopic (exact) mass is 339 g/mol. The van der Waals surface area contributed by atoms with Crippen molar-refractivity contribution in [2.24, 2.45) is 0 Å². The van der Waals surface area contributed by atoms with Crippen LogP contribution in [0.2, 0.25) is 0 Å². The molecule has 1 atom stereocenters. The summed E-state index contributed by atoms with van der Waals surface area (Å²) in [5, 5.41) is 2.61. The lowest BCUT2D eigenvalue weighted by atomic mass is 10.2. The molecule has 1 aromatic carbocycles. The van der Waals surface area contributed by atoms with E-state index in [-0.39, 0.29) is 19.4 Å².